The molecule has 0 radical (unpaired) electrons. The highest BCUT2D eigenvalue weighted by molar-refractivity contribution is 5.77. The number of amides is 1. The monoisotopic (exact) mass is 262 g/mol. The number of hydrogen-bond acceptors (Lipinski definition) is 3. The molecule has 4 heteroatoms. The Balaban J connectivity index is 2.39. The van der Waals surface area contributed by atoms with E-state index in [1.807, 2.05) is 31.3 Å². The molecule has 0 bridgehead atoms. The topological polar surface area (TPSA) is 50.4 Å². The van der Waals surface area contributed by atoms with E-state index in [1.54, 1.807) is 6.08 Å². The standard InChI is InChI=1S/C15H22N2O2/c1-4-9-17-15(18)11-19-14-7-5-13(6-8-14)10-12(2)16-3/h4-8,12,16H,1,9-11H2,2-3H3,(H,17,18). The highest BCUT2D eigenvalue weighted by Crippen LogP contribution is 2.13. The number of rotatable bonds is 8. The maximum atomic E-state index is 11.3. The second kappa shape index (κ2) is 8.32. The number of carbonyl (C=O) groups excluding carboxylic acids is 1. The van der Waals surface area contributed by atoms with Crippen LogP contribution in [0.4, 0.5) is 0 Å². The minimum Gasteiger partial charge on any atom is -0.484 e. The Hall–Kier alpha value is -1.81. The molecule has 0 saturated heterocycles. The molecule has 1 atom stereocenters. The van der Waals surface area contributed by atoms with Crippen molar-refractivity contribution in [3.8, 4) is 5.75 Å². The van der Waals surface area contributed by atoms with Crippen molar-refractivity contribution in [3.05, 3.63) is 42.5 Å². The zero-order chi connectivity index (χ0) is 14.1. The highest BCUT2D eigenvalue weighted by Gasteiger charge is 2.03. The highest BCUT2D eigenvalue weighted by atomic mass is 16.5. The van der Waals surface area contributed by atoms with E-state index in [4.69, 9.17) is 4.74 Å². The van der Waals surface area contributed by atoms with Crippen molar-refractivity contribution < 1.29 is 9.53 Å². The molecule has 0 heterocycles. The second-order valence-electron chi connectivity index (χ2n) is 4.42. The van der Waals surface area contributed by atoms with Crippen molar-refractivity contribution in [1.29, 1.82) is 0 Å². The van der Waals surface area contributed by atoms with Crippen LogP contribution in [0.1, 0.15) is 12.5 Å². The molecule has 1 amide bonds. The summed E-state index contributed by atoms with van der Waals surface area (Å²) in [6, 6.07) is 8.25. The summed E-state index contributed by atoms with van der Waals surface area (Å²) in [5, 5.41) is 5.85. The molecule has 1 unspecified atom stereocenters. The molecule has 0 aliphatic heterocycles. The summed E-state index contributed by atoms with van der Waals surface area (Å²) in [7, 11) is 1.95. The molecule has 0 aliphatic rings. The van der Waals surface area contributed by atoms with Gasteiger partial charge in [0.2, 0.25) is 0 Å². The Kier molecular flexibility index (Phi) is 6.68. The molecule has 1 aromatic carbocycles. The molecule has 0 spiro atoms. The molecule has 0 aliphatic carbocycles. The van der Waals surface area contributed by atoms with Gasteiger partial charge in [-0.25, -0.2) is 0 Å². The Morgan fingerprint density at radius 1 is 1.42 bits per heavy atom. The number of likely N-dealkylation sites (N-methyl/N-ethyl adjacent to an activating group) is 1. The zero-order valence-electron chi connectivity index (χ0n) is 11.6. The van der Waals surface area contributed by atoms with Crippen molar-refractivity contribution in [3.63, 3.8) is 0 Å². The van der Waals surface area contributed by atoms with Gasteiger partial charge in [0.1, 0.15) is 5.75 Å². The van der Waals surface area contributed by atoms with Gasteiger partial charge in [-0.05, 0) is 38.1 Å². The van der Waals surface area contributed by atoms with E-state index in [1.165, 1.54) is 5.56 Å². The fraction of sp³-hybridized carbons (Fsp3) is 0.400. The van der Waals surface area contributed by atoms with Gasteiger partial charge in [0.25, 0.3) is 5.91 Å². The van der Waals surface area contributed by atoms with Crippen molar-refractivity contribution in [2.75, 3.05) is 20.2 Å². The molecule has 1 rings (SSSR count). The van der Waals surface area contributed by atoms with Crippen LogP contribution in [-0.2, 0) is 11.2 Å². The first-order valence-corrected chi connectivity index (χ1v) is 6.42. The molecule has 2 N–H and O–H groups in total. The summed E-state index contributed by atoms with van der Waals surface area (Å²) in [5.74, 6) is 0.558. The molecular weight excluding hydrogens is 240 g/mol. The number of carbonyl (C=O) groups is 1. The average molecular weight is 262 g/mol. The van der Waals surface area contributed by atoms with Crippen LogP contribution in [0.15, 0.2) is 36.9 Å². The summed E-state index contributed by atoms with van der Waals surface area (Å²) >= 11 is 0. The summed E-state index contributed by atoms with van der Waals surface area (Å²) < 4.78 is 5.39. The average Bonchev–Trinajstić information content (AvgIpc) is 2.44. The van der Waals surface area contributed by atoms with Crippen LogP contribution in [0.2, 0.25) is 0 Å². The van der Waals surface area contributed by atoms with Gasteiger partial charge in [0.15, 0.2) is 6.61 Å². The quantitative estimate of drug-likeness (QED) is 0.698. The lowest BCUT2D eigenvalue weighted by Gasteiger charge is -2.11. The van der Waals surface area contributed by atoms with E-state index in [-0.39, 0.29) is 12.5 Å². The summed E-state index contributed by atoms with van der Waals surface area (Å²) in [6.45, 7) is 6.15. The van der Waals surface area contributed by atoms with Crippen LogP contribution >= 0.6 is 0 Å². The van der Waals surface area contributed by atoms with Crippen LogP contribution < -0.4 is 15.4 Å². The van der Waals surface area contributed by atoms with Crippen LogP contribution in [0.5, 0.6) is 5.75 Å². The molecular formula is C15H22N2O2. The van der Waals surface area contributed by atoms with Gasteiger partial charge in [0, 0.05) is 12.6 Å². The summed E-state index contributed by atoms with van der Waals surface area (Å²) in [6.07, 6.45) is 2.60. The predicted molar refractivity (Wildman–Crippen MR) is 77.4 cm³/mol. The van der Waals surface area contributed by atoms with E-state index in [9.17, 15) is 4.79 Å². The number of nitrogens with one attached hydrogen (secondary N) is 2. The molecule has 0 saturated carbocycles. The number of ether oxygens (including phenoxy) is 1. The van der Waals surface area contributed by atoms with Crippen molar-refractivity contribution in [2.45, 2.75) is 19.4 Å². The molecule has 4 nitrogen and oxygen atoms in total. The van der Waals surface area contributed by atoms with Crippen LogP contribution in [0, 0.1) is 0 Å². The third kappa shape index (κ3) is 6.06. The van der Waals surface area contributed by atoms with E-state index < -0.39 is 0 Å². The van der Waals surface area contributed by atoms with Gasteiger partial charge < -0.3 is 15.4 Å². The van der Waals surface area contributed by atoms with Crippen molar-refractivity contribution >= 4 is 5.91 Å². The first-order valence-electron chi connectivity index (χ1n) is 6.42. The fourth-order valence-electron chi connectivity index (χ4n) is 1.56. The third-order valence-corrected chi connectivity index (χ3v) is 2.77. The van der Waals surface area contributed by atoms with Gasteiger partial charge in [0.05, 0.1) is 0 Å². The normalized spacial score (nSPS) is 11.7. The predicted octanol–water partition coefficient (Wildman–Crippen LogP) is 1.52. The van der Waals surface area contributed by atoms with Gasteiger partial charge in [-0.15, -0.1) is 6.58 Å². The second-order valence-corrected chi connectivity index (χ2v) is 4.42. The van der Waals surface area contributed by atoms with Crippen molar-refractivity contribution in [1.82, 2.24) is 10.6 Å². The Labute approximate surface area is 114 Å². The van der Waals surface area contributed by atoms with E-state index in [0.29, 0.717) is 18.3 Å². The lowest BCUT2D eigenvalue weighted by molar-refractivity contribution is -0.122. The Bertz CT molecular complexity index is 401. The lowest BCUT2D eigenvalue weighted by Crippen LogP contribution is -2.28. The Morgan fingerprint density at radius 2 is 2.11 bits per heavy atom. The maximum absolute atomic E-state index is 11.3. The smallest absolute Gasteiger partial charge is 0.258 e. The Morgan fingerprint density at radius 3 is 2.68 bits per heavy atom. The molecule has 19 heavy (non-hydrogen) atoms. The minimum atomic E-state index is -0.146. The van der Waals surface area contributed by atoms with Gasteiger partial charge in [-0.2, -0.15) is 0 Å². The lowest BCUT2D eigenvalue weighted by atomic mass is 10.1. The summed E-state index contributed by atoms with van der Waals surface area (Å²) in [4.78, 5) is 11.3. The first kappa shape index (κ1) is 15.2. The van der Waals surface area contributed by atoms with Gasteiger partial charge >= 0.3 is 0 Å². The molecule has 0 aromatic heterocycles. The molecule has 0 fully saturated rings. The third-order valence-electron chi connectivity index (χ3n) is 2.77. The van der Waals surface area contributed by atoms with Gasteiger partial charge in [-0.1, -0.05) is 18.2 Å². The number of hydrogen-bond donors (Lipinski definition) is 2. The van der Waals surface area contributed by atoms with Gasteiger partial charge in [-0.3, -0.25) is 4.79 Å². The fourth-order valence-corrected chi connectivity index (χ4v) is 1.56. The molecule has 1 aromatic rings. The van der Waals surface area contributed by atoms with Crippen LogP contribution in [0.3, 0.4) is 0 Å². The maximum Gasteiger partial charge on any atom is 0.258 e. The van der Waals surface area contributed by atoms with Crippen LogP contribution in [0.25, 0.3) is 0 Å². The first-order chi connectivity index (χ1) is 9.15. The largest absolute Gasteiger partial charge is 0.484 e. The molecule has 104 valence electrons. The van der Waals surface area contributed by atoms with Crippen molar-refractivity contribution in [2.24, 2.45) is 0 Å². The number of benzene rings is 1. The minimum absolute atomic E-state index is 0.0279. The van der Waals surface area contributed by atoms with E-state index in [0.717, 1.165) is 6.42 Å². The van der Waals surface area contributed by atoms with Crippen LogP contribution in [-0.4, -0.2) is 32.1 Å². The summed E-state index contributed by atoms with van der Waals surface area (Å²) in [5.41, 5.74) is 1.24. The van der Waals surface area contributed by atoms with E-state index >= 15 is 0 Å². The zero-order valence-corrected chi connectivity index (χ0v) is 11.6. The SMILES string of the molecule is C=CCNC(=O)COc1ccc(CC(C)NC)cc1. The van der Waals surface area contributed by atoms with E-state index in [2.05, 4.69) is 24.1 Å².